The second-order valence-corrected chi connectivity index (χ2v) is 5.49. The molecule has 2 aliphatic rings. The van der Waals surface area contributed by atoms with Crippen molar-refractivity contribution in [3.05, 3.63) is 0 Å². The molecule has 5 nitrogen and oxygen atoms in total. The van der Waals surface area contributed by atoms with Crippen molar-refractivity contribution in [2.45, 2.75) is 57.5 Å². The zero-order valence-electron chi connectivity index (χ0n) is 12.2. The number of rotatable bonds is 5. The van der Waals surface area contributed by atoms with Crippen LogP contribution < -0.4 is 10.6 Å². The molecule has 2 aliphatic heterocycles. The van der Waals surface area contributed by atoms with Crippen molar-refractivity contribution in [3.63, 3.8) is 0 Å². The van der Waals surface area contributed by atoms with E-state index in [0.717, 1.165) is 32.4 Å². The third kappa shape index (κ3) is 4.35. The lowest BCUT2D eigenvalue weighted by atomic mass is 10.1. The molecule has 2 atom stereocenters. The maximum Gasteiger partial charge on any atom is 0.223 e. The van der Waals surface area contributed by atoms with Crippen molar-refractivity contribution in [2.24, 2.45) is 0 Å². The number of carbonyl (C=O) groups excluding carboxylic acids is 2. The van der Waals surface area contributed by atoms with E-state index in [9.17, 15) is 9.59 Å². The van der Waals surface area contributed by atoms with Crippen LogP contribution in [0.4, 0.5) is 0 Å². The van der Waals surface area contributed by atoms with Gasteiger partial charge >= 0.3 is 0 Å². The molecule has 116 valence electrons. The summed E-state index contributed by atoms with van der Waals surface area (Å²) in [6.45, 7) is 4.52. The first-order valence-electron chi connectivity index (χ1n) is 7.51. The van der Waals surface area contributed by atoms with E-state index >= 15 is 0 Å². The topological polar surface area (TPSA) is 61.4 Å². The quantitative estimate of drug-likeness (QED) is 0.798. The van der Waals surface area contributed by atoms with E-state index in [2.05, 4.69) is 15.5 Å². The first-order chi connectivity index (χ1) is 9.22. The summed E-state index contributed by atoms with van der Waals surface area (Å²) in [5, 5.41) is 6.16. The predicted octanol–water partition coefficient (Wildman–Crippen LogP) is 1.07. The molecule has 6 heteroatoms. The average Bonchev–Trinajstić information content (AvgIpc) is 2.63. The number of nitrogens with zero attached hydrogens (tertiary/aromatic N) is 1. The highest BCUT2D eigenvalue weighted by molar-refractivity contribution is 5.85. The first-order valence-corrected chi connectivity index (χ1v) is 7.51. The van der Waals surface area contributed by atoms with E-state index in [1.165, 1.54) is 0 Å². The van der Waals surface area contributed by atoms with E-state index in [4.69, 9.17) is 0 Å². The predicted molar refractivity (Wildman–Crippen MR) is 80.9 cm³/mol. The standard InChI is InChI=1S/C14H25N3O2.ClH/c1-2-16-13(18)4-3-5-14(19)17-11-6-7-12(17)10-15-9-8-11;/h11-12,15H,2-10H2,1H3,(H,16,18);1H. The van der Waals surface area contributed by atoms with E-state index in [-0.39, 0.29) is 24.2 Å². The van der Waals surface area contributed by atoms with Gasteiger partial charge < -0.3 is 15.5 Å². The van der Waals surface area contributed by atoms with Crippen molar-refractivity contribution in [2.75, 3.05) is 19.6 Å². The van der Waals surface area contributed by atoms with Gasteiger partial charge in [-0.2, -0.15) is 0 Å². The largest absolute Gasteiger partial charge is 0.356 e. The second-order valence-electron chi connectivity index (χ2n) is 5.49. The lowest BCUT2D eigenvalue weighted by Crippen LogP contribution is -2.42. The Kier molecular flexibility index (Phi) is 7.30. The Morgan fingerprint density at radius 3 is 2.70 bits per heavy atom. The van der Waals surface area contributed by atoms with Crippen LogP contribution >= 0.6 is 12.4 Å². The highest BCUT2D eigenvalue weighted by Gasteiger charge is 2.37. The molecule has 2 bridgehead atoms. The Hall–Kier alpha value is -0.810. The summed E-state index contributed by atoms with van der Waals surface area (Å²) in [7, 11) is 0. The zero-order chi connectivity index (χ0) is 13.7. The van der Waals surface area contributed by atoms with Crippen molar-refractivity contribution >= 4 is 24.2 Å². The van der Waals surface area contributed by atoms with Crippen LogP contribution in [-0.2, 0) is 9.59 Å². The summed E-state index contributed by atoms with van der Waals surface area (Å²) in [6, 6.07) is 0.807. The Labute approximate surface area is 127 Å². The Bertz CT molecular complexity index is 324. The molecule has 2 saturated heterocycles. The number of fused-ring (bicyclic) bond motifs is 2. The van der Waals surface area contributed by atoms with Gasteiger partial charge in [0.25, 0.3) is 0 Å². The van der Waals surface area contributed by atoms with Crippen molar-refractivity contribution < 1.29 is 9.59 Å². The van der Waals surface area contributed by atoms with Gasteiger partial charge in [0.05, 0.1) is 0 Å². The Morgan fingerprint density at radius 1 is 1.20 bits per heavy atom. The van der Waals surface area contributed by atoms with Gasteiger partial charge in [-0.3, -0.25) is 9.59 Å². The molecule has 0 radical (unpaired) electrons. The maximum absolute atomic E-state index is 12.3. The highest BCUT2D eigenvalue weighted by Crippen LogP contribution is 2.28. The summed E-state index contributed by atoms with van der Waals surface area (Å²) in [5.41, 5.74) is 0. The maximum atomic E-state index is 12.3. The van der Waals surface area contributed by atoms with E-state index < -0.39 is 0 Å². The van der Waals surface area contributed by atoms with Gasteiger partial charge in [-0.15, -0.1) is 12.4 Å². The smallest absolute Gasteiger partial charge is 0.223 e. The molecule has 0 aromatic heterocycles. The molecule has 0 spiro atoms. The Morgan fingerprint density at radius 2 is 1.95 bits per heavy atom. The van der Waals surface area contributed by atoms with Gasteiger partial charge in [0, 0.05) is 38.0 Å². The van der Waals surface area contributed by atoms with Gasteiger partial charge in [0.15, 0.2) is 0 Å². The molecule has 0 aliphatic carbocycles. The lowest BCUT2D eigenvalue weighted by molar-refractivity contribution is -0.134. The first kappa shape index (κ1) is 17.2. The highest BCUT2D eigenvalue weighted by atomic mass is 35.5. The molecule has 2 rings (SSSR count). The lowest BCUT2D eigenvalue weighted by Gasteiger charge is -2.28. The number of halogens is 1. The van der Waals surface area contributed by atoms with Crippen LogP contribution in [0.2, 0.25) is 0 Å². The molecule has 0 aromatic rings. The van der Waals surface area contributed by atoms with Gasteiger partial charge in [-0.05, 0) is 39.2 Å². The number of carbonyl (C=O) groups is 2. The number of amides is 2. The van der Waals surface area contributed by atoms with Crippen LogP contribution in [0.1, 0.15) is 45.4 Å². The normalized spacial score (nSPS) is 24.8. The van der Waals surface area contributed by atoms with Crippen LogP contribution in [0.3, 0.4) is 0 Å². The third-order valence-electron chi connectivity index (χ3n) is 4.11. The van der Waals surface area contributed by atoms with Crippen LogP contribution in [0.15, 0.2) is 0 Å². The fourth-order valence-electron chi connectivity index (χ4n) is 3.20. The van der Waals surface area contributed by atoms with Crippen LogP contribution in [0.25, 0.3) is 0 Å². The fourth-order valence-corrected chi connectivity index (χ4v) is 3.20. The minimum atomic E-state index is 0. The summed E-state index contributed by atoms with van der Waals surface area (Å²) < 4.78 is 0. The Balaban J connectivity index is 0.00000200. The molecule has 2 heterocycles. The summed E-state index contributed by atoms with van der Waals surface area (Å²) in [5.74, 6) is 0.288. The minimum Gasteiger partial charge on any atom is -0.356 e. The molecule has 20 heavy (non-hydrogen) atoms. The monoisotopic (exact) mass is 303 g/mol. The molecule has 2 unspecified atom stereocenters. The van der Waals surface area contributed by atoms with Gasteiger partial charge in [0.1, 0.15) is 0 Å². The van der Waals surface area contributed by atoms with Crippen LogP contribution in [-0.4, -0.2) is 48.4 Å². The molecule has 0 aromatic carbocycles. The third-order valence-corrected chi connectivity index (χ3v) is 4.11. The number of hydrogen-bond donors (Lipinski definition) is 2. The molecule has 2 amide bonds. The molecular weight excluding hydrogens is 278 g/mol. The zero-order valence-corrected chi connectivity index (χ0v) is 13.0. The number of nitrogens with one attached hydrogen (secondary N) is 2. The summed E-state index contributed by atoms with van der Waals surface area (Å²) in [4.78, 5) is 25.8. The molecule has 2 fully saturated rings. The molecule has 0 saturated carbocycles. The molecule has 2 N–H and O–H groups in total. The van der Waals surface area contributed by atoms with Gasteiger partial charge in [-0.1, -0.05) is 0 Å². The van der Waals surface area contributed by atoms with E-state index in [0.29, 0.717) is 37.9 Å². The average molecular weight is 304 g/mol. The fraction of sp³-hybridized carbons (Fsp3) is 0.857. The van der Waals surface area contributed by atoms with Crippen LogP contribution in [0.5, 0.6) is 0 Å². The summed E-state index contributed by atoms with van der Waals surface area (Å²) in [6.07, 6.45) is 4.96. The van der Waals surface area contributed by atoms with Crippen LogP contribution in [0, 0.1) is 0 Å². The number of hydrogen-bond acceptors (Lipinski definition) is 3. The van der Waals surface area contributed by atoms with Crippen molar-refractivity contribution in [1.82, 2.24) is 15.5 Å². The second kappa shape index (κ2) is 8.47. The minimum absolute atomic E-state index is 0. The van der Waals surface area contributed by atoms with E-state index in [1.54, 1.807) is 0 Å². The summed E-state index contributed by atoms with van der Waals surface area (Å²) >= 11 is 0. The molecular formula is C14H26ClN3O2. The van der Waals surface area contributed by atoms with Crippen molar-refractivity contribution in [3.8, 4) is 0 Å². The van der Waals surface area contributed by atoms with Gasteiger partial charge in [0.2, 0.25) is 11.8 Å². The van der Waals surface area contributed by atoms with Gasteiger partial charge in [-0.25, -0.2) is 0 Å². The SMILES string of the molecule is CCNC(=O)CCCC(=O)N1C2CCNCC1CC2.Cl. The van der Waals surface area contributed by atoms with E-state index in [1.807, 2.05) is 6.92 Å². The van der Waals surface area contributed by atoms with Crippen molar-refractivity contribution in [1.29, 1.82) is 0 Å².